The van der Waals surface area contributed by atoms with Crippen molar-refractivity contribution in [2.24, 2.45) is 0 Å². The minimum Gasteiger partial charge on any atom is -0.493 e. The van der Waals surface area contributed by atoms with E-state index >= 15 is 0 Å². The minimum atomic E-state index is -0.789. The summed E-state index contributed by atoms with van der Waals surface area (Å²) in [6.07, 6.45) is 1.21. The highest BCUT2D eigenvalue weighted by Crippen LogP contribution is 2.36. The van der Waals surface area contributed by atoms with Gasteiger partial charge in [0.2, 0.25) is 0 Å². The van der Waals surface area contributed by atoms with Crippen LogP contribution in [0.2, 0.25) is 0 Å². The highest BCUT2D eigenvalue weighted by atomic mass is 19.1. The zero-order valence-corrected chi connectivity index (χ0v) is 20.8. The molecule has 1 heterocycles. The number of benzene rings is 1. The van der Waals surface area contributed by atoms with E-state index in [1.165, 1.54) is 17.0 Å². The molecule has 8 nitrogen and oxygen atoms in total. The lowest BCUT2D eigenvalue weighted by molar-refractivity contribution is -0.151. The first kappa shape index (κ1) is 26.2. The Kier molecular flexibility index (Phi) is 8.76. The van der Waals surface area contributed by atoms with Crippen LogP contribution in [0.3, 0.4) is 0 Å². The normalized spacial score (nSPS) is 19.5. The Morgan fingerprint density at radius 3 is 2.62 bits per heavy atom. The van der Waals surface area contributed by atoms with Crippen molar-refractivity contribution in [1.29, 1.82) is 0 Å². The lowest BCUT2D eigenvalue weighted by atomic mass is 10.0. The van der Waals surface area contributed by atoms with Gasteiger partial charge in [-0.05, 0) is 58.2 Å². The molecule has 3 rings (SSSR count). The fourth-order valence-corrected chi connectivity index (χ4v) is 3.96. The van der Waals surface area contributed by atoms with Gasteiger partial charge in [0.25, 0.3) is 5.91 Å². The fourth-order valence-electron chi connectivity index (χ4n) is 3.96. The van der Waals surface area contributed by atoms with E-state index in [1.54, 1.807) is 38.8 Å². The number of amides is 2. The first-order chi connectivity index (χ1) is 16.1. The average Bonchev–Trinajstić information content (AvgIpc) is 3.60. The molecule has 1 saturated heterocycles. The molecule has 0 spiro atoms. The Hall–Kier alpha value is -2.39. The smallest absolute Gasteiger partial charge is 0.410 e. The molecule has 34 heavy (non-hydrogen) atoms. The number of ether oxygens (including phenoxy) is 4. The molecule has 0 aromatic heterocycles. The van der Waals surface area contributed by atoms with E-state index in [2.05, 4.69) is 0 Å². The molecular weight excluding hydrogens is 443 g/mol. The first-order valence-corrected chi connectivity index (χ1v) is 11.9. The van der Waals surface area contributed by atoms with Crippen LogP contribution in [0, 0.1) is 5.82 Å². The summed E-state index contributed by atoms with van der Waals surface area (Å²) in [5.74, 6) is -0.194. The number of carbonyl (C=O) groups is 2. The van der Waals surface area contributed by atoms with Gasteiger partial charge in [0.15, 0.2) is 6.10 Å². The monoisotopic (exact) mass is 480 g/mol. The summed E-state index contributed by atoms with van der Waals surface area (Å²) >= 11 is 0. The third-order valence-electron chi connectivity index (χ3n) is 5.74. The summed E-state index contributed by atoms with van der Waals surface area (Å²) in [5, 5.41) is 0. The second-order valence-corrected chi connectivity index (χ2v) is 9.85. The van der Waals surface area contributed by atoms with Gasteiger partial charge >= 0.3 is 6.09 Å². The number of nitrogens with zero attached hydrogens (tertiary/aromatic N) is 2. The van der Waals surface area contributed by atoms with Crippen LogP contribution >= 0.6 is 0 Å². The Morgan fingerprint density at radius 2 is 1.97 bits per heavy atom. The third kappa shape index (κ3) is 7.30. The molecule has 1 aromatic rings. The zero-order valence-electron chi connectivity index (χ0n) is 20.8. The van der Waals surface area contributed by atoms with Crippen molar-refractivity contribution in [1.82, 2.24) is 9.80 Å². The molecule has 1 saturated carbocycles. The van der Waals surface area contributed by atoms with Crippen LogP contribution in [-0.2, 0) is 19.0 Å². The third-order valence-corrected chi connectivity index (χ3v) is 5.74. The molecule has 0 radical (unpaired) electrons. The van der Waals surface area contributed by atoms with E-state index in [4.69, 9.17) is 18.9 Å². The molecule has 2 atom stereocenters. The van der Waals surface area contributed by atoms with Crippen LogP contribution < -0.4 is 4.74 Å². The Bertz CT molecular complexity index is 854. The largest absolute Gasteiger partial charge is 0.493 e. The number of carbonyl (C=O) groups excluding carboxylic acids is 2. The predicted octanol–water partition coefficient (Wildman–Crippen LogP) is 3.93. The predicted molar refractivity (Wildman–Crippen MR) is 124 cm³/mol. The fraction of sp³-hybridized carbons (Fsp3) is 0.680. The topological polar surface area (TPSA) is 77.5 Å². The van der Waals surface area contributed by atoms with Crippen LogP contribution in [0.1, 0.15) is 58.6 Å². The molecule has 190 valence electrons. The van der Waals surface area contributed by atoms with Crippen LogP contribution in [0.25, 0.3) is 0 Å². The van der Waals surface area contributed by atoms with Gasteiger partial charge in [-0.25, -0.2) is 9.18 Å². The van der Waals surface area contributed by atoms with Crippen molar-refractivity contribution in [3.05, 3.63) is 29.6 Å². The lowest BCUT2D eigenvalue weighted by Crippen LogP contribution is -2.54. The number of hydrogen-bond donors (Lipinski definition) is 0. The zero-order chi connectivity index (χ0) is 24.9. The van der Waals surface area contributed by atoms with Gasteiger partial charge in [-0.15, -0.1) is 0 Å². The summed E-state index contributed by atoms with van der Waals surface area (Å²) in [7, 11) is 1.62. The molecule has 0 N–H and O–H groups in total. The van der Waals surface area contributed by atoms with E-state index in [0.717, 1.165) is 12.8 Å². The van der Waals surface area contributed by atoms with E-state index < -0.39 is 23.6 Å². The maximum atomic E-state index is 14.4. The standard InChI is InChI=1S/C25H37FN2O6/c1-17(18-13-19(26)15-21(14-18)32-11-6-10-31-5)28(20-7-8-20)23(29)22-16-27(9-12-33-22)24(30)34-25(2,3)4/h13-15,17,20,22H,6-12,16H2,1-5H3/t17?,22-/m1/s1. The van der Waals surface area contributed by atoms with Crippen molar-refractivity contribution in [3.63, 3.8) is 0 Å². The van der Waals surface area contributed by atoms with Crippen molar-refractivity contribution < 1.29 is 32.9 Å². The van der Waals surface area contributed by atoms with Crippen LogP contribution in [0.15, 0.2) is 18.2 Å². The van der Waals surface area contributed by atoms with E-state index in [9.17, 15) is 14.0 Å². The Balaban J connectivity index is 1.71. The van der Waals surface area contributed by atoms with Crippen molar-refractivity contribution in [2.45, 2.75) is 70.7 Å². The Labute approximate surface area is 201 Å². The lowest BCUT2D eigenvalue weighted by Gasteiger charge is -2.38. The van der Waals surface area contributed by atoms with Gasteiger partial charge in [-0.1, -0.05) is 0 Å². The molecule has 1 unspecified atom stereocenters. The summed E-state index contributed by atoms with van der Waals surface area (Å²) in [5.41, 5.74) is 0.0336. The molecule has 2 aliphatic rings. The molecule has 2 amide bonds. The van der Waals surface area contributed by atoms with Gasteiger partial charge < -0.3 is 28.7 Å². The second kappa shape index (κ2) is 11.4. The number of halogens is 1. The average molecular weight is 481 g/mol. The summed E-state index contributed by atoms with van der Waals surface area (Å²) in [6.45, 7) is 9.01. The SMILES string of the molecule is COCCCOc1cc(F)cc(C(C)N(C(=O)[C@H]2CN(C(=O)OC(C)(C)C)CCO2)C2CC2)c1. The summed E-state index contributed by atoms with van der Waals surface area (Å²) < 4.78 is 36.3. The highest BCUT2D eigenvalue weighted by Gasteiger charge is 2.42. The molecule has 1 aromatic carbocycles. The van der Waals surface area contributed by atoms with Crippen molar-refractivity contribution in [3.8, 4) is 5.75 Å². The van der Waals surface area contributed by atoms with Gasteiger partial charge in [0.05, 0.1) is 25.8 Å². The number of morpholine rings is 1. The second-order valence-electron chi connectivity index (χ2n) is 9.85. The van der Waals surface area contributed by atoms with Gasteiger partial charge in [-0.3, -0.25) is 4.79 Å². The molecule has 1 aliphatic heterocycles. The molecule has 9 heteroatoms. The molecule has 1 aliphatic carbocycles. The van der Waals surface area contributed by atoms with Crippen molar-refractivity contribution >= 4 is 12.0 Å². The van der Waals surface area contributed by atoms with Gasteiger partial charge in [0.1, 0.15) is 17.2 Å². The molecule has 2 fully saturated rings. The number of hydrogen-bond acceptors (Lipinski definition) is 6. The summed E-state index contributed by atoms with van der Waals surface area (Å²) in [4.78, 5) is 29.3. The van der Waals surface area contributed by atoms with Crippen LogP contribution in [0.5, 0.6) is 5.75 Å². The van der Waals surface area contributed by atoms with Crippen molar-refractivity contribution in [2.75, 3.05) is 40.0 Å². The molecule has 0 bridgehead atoms. The first-order valence-electron chi connectivity index (χ1n) is 11.9. The quantitative estimate of drug-likeness (QED) is 0.499. The Morgan fingerprint density at radius 1 is 1.24 bits per heavy atom. The van der Waals surface area contributed by atoms with Gasteiger partial charge in [-0.2, -0.15) is 0 Å². The number of rotatable bonds is 9. The molecular formula is C25H37FN2O6. The minimum absolute atomic E-state index is 0.0670. The van der Waals surface area contributed by atoms with E-state index in [0.29, 0.717) is 37.5 Å². The maximum absolute atomic E-state index is 14.4. The summed E-state index contributed by atoms with van der Waals surface area (Å²) in [6, 6.07) is 4.24. The van der Waals surface area contributed by atoms with Crippen LogP contribution in [0.4, 0.5) is 9.18 Å². The highest BCUT2D eigenvalue weighted by molar-refractivity contribution is 5.83. The van der Waals surface area contributed by atoms with E-state index in [-0.39, 0.29) is 31.1 Å². The van der Waals surface area contributed by atoms with Gasteiger partial charge in [0, 0.05) is 38.8 Å². The van der Waals surface area contributed by atoms with Crippen LogP contribution in [-0.4, -0.2) is 79.6 Å². The maximum Gasteiger partial charge on any atom is 0.410 e. The van der Waals surface area contributed by atoms with E-state index in [1.807, 2.05) is 6.92 Å². The number of methoxy groups -OCH3 is 1.